The number of alkyl halides is 2. The van der Waals surface area contributed by atoms with Crippen LogP contribution in [0.1, 0.15) is 28.8 Å². The average molecular weight is 454 g/mol. The van der Waals surface area contributed by atoms with E-state index in [-0.39, 0.29) is 17.2 Å². The zero-order valence-electron chi connectivity index (χ0n) is 16.8. The van der Waals surface area contributed by atoms with Crippen molar-refractivity contribution in [3.8, 4) is 5.75 Å². The lowest BCUT2D eigenvalue weighted by atomic mass is 10.1. The number of ether oxygens (including phenoxy) is 1. The van der Waals surface area contributed by atoms with E-state index in [1.54, 1.807) is 19.9 Å². The van der Waals surface area contributed by atoms with Crippen LogP contribution in [0.2, 0.25) is 0 Å². The first-order valence-corrected chi connectivity index (χ1v) is 11.0. The summed E-state index contributed by atoms with van der Waals surface area (Å²) in [6.07, 6.45) is 0. The molecule has 1 atom stereocenters. The molecule has 1 unspecified atom stereocenters. The number of aryl methyl sites for hydroxylation is 2. The molecule has 0 aliphatic heterocycles. The van der Waals surface area contributed by atoms with Crippen LogP contribution < -0.4 is 15.6 Å². The standard InChI is InChI=1S/C20H21F2N3O3S2/c1-9-11(3)30-19-16(9)18(27)24-15(25-19)8-29-12(4)17(26)23-13-6-5-7-14(10(13)2)28-20(21)22/h5-7,12,20H,8H2,1-4H3,(H,23,26)(H,24,25,27). The lowest BCUT2D eigenvalue weighted by Gasteiger charge is -2.15. The third-order valence-corrected chi connectivity index (χ3v) is 6.94. The molecule has 0 aliphatic carbocycles. The van der Waals surface area contributed by atoms with Crippen LogP contribution in [0.3, 0.4) is 0 Å². The summed E-state index contributed by atoms with van der Waals surface area (Å²) in [7, 11) is 0. The van der Waals surface area contributed by atoms with E-state index in [0.29, 0.717) is 33.0 Å². The summed E-state index contributed by atoms with van der Waals surface area (Å²) in [6, 6.07) is 4.58. The summed E-state index contributed by atoms with van der Waals surface area (Å²) >= 11 is 2.79. The number of aromatic amines is 1. The fourth-order valence-electron chi connectivity index (χ4n) is 2.86. The molecule has 1 amide bonds. The summed E-state index contributed by atoms with van der Waals surface area (Å²) < 4.78 is 29.4. The maximum Gasteiger partial charge on any atom is 0.387 e. The highest BCUT2D eigenvalue weighted by molar-refractivity contribution is 7.99. The number of halogens is 2. The minimum Gasteiger partial charge on any atom is -0.434 e. The normalized spacial score (nSPS) is 12.4. The summed E-state index contributed by atoms with van der Waals surface area (Å²) in [5.74, 6) is 0.577. The SMILES string of the molecule is Cc1sc2nc(CSC(C)C(=O)Nc3cccc(OC(F)F)c3C)[nH]c(=O)c2c1C. The maximum absolute atomic E-state index is 12.5. The first-order chi connectivity index (χ1) is 14.2. The fraction of sp³-hybridized carbons (Fsp3) is 0.350. The number of carbonyl (C=O) groups excluding carboxylic acids is 1. The van der Waals surface area contributed by atoms with E-state index in [0.717, 1.165) is 10.4 Å². The Bertz CT molecular complexity index is 1140. The molecule has 0 bridgehead atoms. The van der Waals surface area contributed by atoms with Crippen molar-refractivity contribution in [3.05, 3.63) is 50.4 Å². The number of amides is 1. The number of aromatic nitrogens is 2. The number of rotatable bonds is 7. The largest absolute Gasteiger partial charge is 0.434 e. The first-order valence-electron chi connectivity index (χ1n) is 9.13. The van der Waals surface area contributed by atoms with Crippen LogP contribution in [0, 0.1) is 20.8 Å². The molecule has 3 rings (SSSR count). The molecule has 0 fully saturated rings. The molecule has 0 aliphatic rings. The van der Waals surface area contributed by atoms with E-state index in [2.05, 4.69) is 20.0 Å². The van der Waals surface area contributed by atoms with Crippen molar-refractivity contribution in [2.45, 2.75) is 45.3 Å². The summed E-state index contributed by atoms with van der Waals surface area (Å²) in [6.45, 7) is 4.23. The summed E-state index contributed by atoms with van der Waals surface area (Å²) in [4.78, 5) is 33.9. The van der Waals surface area contributed by atoms with Crippen molar-refractivity contribution in [2.24, 2.45) is 0 Å². The molecule has 2 heterocycles. The Labute approximate surface area is 180 Å². The highest BCUT2D eigenvalue weighted by atomic mass is 32.2. The molecule has 0 saturated heterocycles. The molecule has 160 valence electrons. The second-order valence-electron chi connectivity index (χ2n) is 6.73. The smallest absolute Gasteiger partial charge is 0.387 e. The number of benzene rings is 1. The number of anilines is 1. The van der Waals surface area contributed by atoms with Gasteiger partial charge in [-0.1, -0.05) is 6.07 Å². The zero-order chi connectivity index (χ0) is 22.0. The summed E-state index contributed by atoms with van der Waals surface area (Å²) in [5.41, 5.74) is 1.58. The molecule has 30 heavy (non-hydrogen) atoms. The maximum atomic E-state index is 12.5. The molecule has 0 saturated carbocycles. The predicted molar refractivity (Wildman–Crippen MR) is 117 cm³/mol. The van der Waals surface area contributed by atoms with Crippen LogP contribution in [0.5, 0.6) is 5.75 Å². The molecular weight excluding hydrogens is 432 g/mol. The van der Waals surface area contributed by atoms with Crippen LogP contribution in [0.15, 0.2) is 23.0 Å². The second kappa shape index (κ2) is 9.13. The number of nitrogens with zero attached hydrogens (tertiary/aromatic N) is 1. The topological polar surface area (TPSA) is 84.1 Å². The third kappa shape index (κ3) is 4.81. The van der Waals surface area contributed by atoms with Gasteiger partial charge in [0.15, 0.2) is 0 Å². The molecule has 0 spiro atoms. The Hall–Kier alpha value is -2.46. The minimum atomic E-state index is -2.94. The van der Waals surface area contributed by atoms with Gasteiger partial charge in [0.05, 0.1) is 16.4 Å². The number of H-pyrrole nitrogens is 1. The molecule has 10 heteroatoms. The predicted octanol–water partition coefficient (Wildman–Crippen LogP) is 4.77. The Morgan fingerprint density at radius 2 is 2.03 bits per heavy atom. The monoisotopic (exact) mass is 453 g/mol. The van der Waals surface area contributed by atoms with Gasteiger partial charge in [-0.15, -0.1) is 23.1 Å². The molecule has 6 nitrogen and oxygen atoms in total. The van der Waals surface area contributed by atoms with Crippen molar-refractivity contribution in [1.82, 2.24) is 9.97 Å². The van der Waals surface area contributed by atoms with Crippen LogP contribution in [0.25, 0.3) is 10.2 Å². The highest BCUT2D eigenvalue weighted by Crippen LogP contribution is 2.29. The Balaban J connectivity index is 1.67. The van der Waals surface area contributed by atoms with Crippen LogP contribution in [0.4, 0.5) is 14.5 Å². The number of hydrogen-bond acceptors (Lipinski definition) is 6. The van der Waals surface area contributed by atoms with Gasteiger partial charge in [0, 0.05) is 16.1 Å². The van der Waals surface area contributed by atoms with Gasteiger partial charge in [-0.3, -0.25) is 9.59 Å². The number of thiophene rings is 1. The number of carbonyl (C=O) groups is 1. The molecular formula is C20H21F2N3O3S2. The van der Waals surface area contributed by atoms with E-state index < -0.39 is 11.9 Å². The van der Waals surface area contributed by atoms with Crippen LogP contribution in [-0.4, -0.2) is 27.7 Å². The van der Waals surface area contributed by atoms with Gasteiger partial charge in [0.1, 0.15) is 16.4 Å². The van der Waals surface area contributed by atoms with E-state index >= 15 is 0 Å². The van der Waals surface area contributed by atoms with E-state index in [1.165, 1.54) is 35.2 Å². The van der Waals surface area contributed by atoms with Gasteiger partial charge in [0.25, 0.3) is 5.56 Å². The molecule has 2 N–H and O–H groups in total. The number of thioether (sulfide) groups is 1. The van der Waals surface area contributed by atoms with E-state index in [1.807, 2.05) is 13.8 Å². The van der Waals surface area contributed by atoms with E-state index in [4.69, 9.17) is 0 Å². The van der Waals surface area contributed by atoms with E-state index in [9.17, 15) is 18.4 Å². The molecule has 3 aromatic rings. The zero-order valence-corrected chi connectivity index (χ0v) is 18.5. The number of fused-ring (bicyclic) bond motifs is 1. The van der Waals surface area contributed by atoms with Crippen LogP contribution in [-0.2, 0) is 10.5 Å². The van der Waals surface area contributed by atoms with Crippen molar-refractivity contribution >= 4 is 44.9 Å². The molecule has 0 radical (unpaired) electrons. The first kappa shape index (κ1) is 22.2. The average Bonchev–Trinajstić information content (AvgIpc) is 2.96. The minimum absolute atomic E-state index is 0.0136. The quantitative estimate of drug-likeness (QED) is 0.538. The van der Waals surface area contributed by atoms with Gasteiger partial charge in [-0.25, -0.2) is 4.98 Å². The lowest BCUT2D eigenvalue weighted by Crippen LogP contribution is -2.23. The van der Waals surface area contributed by atoms with Gasteiger partial charge in [-0.2, -0.15) is 8.78 Å². The van der Waals surface area contributed by atoms with Crippen molar-refractivity contribution < 1.29 is 18.3 Å². The molecule has 2 aromatic heterocycles. The van der Waals surface area contributed by atoms with Crippen molar-refractivity contribution in [1.29, 1.82) is 0 Å². The van der Waals surface area contributed by atoms with Crippen LogP contribution >= 0.6 is 23.1 Å². The number of hydrogen-bond donors (Lipinski definition) is 2. The fourth-order valence-corrected chi connectivity index (χ4v) is 4.66. The second-order valence-corrected chi connectivity index (χ2v) is 9.26. The van der Waals surface area contributed by atoms with Gasteiger partial charge >= 0.3 is 6.61 Å². The Morgan fingerprint density at radius 1 is 1.30 bits per heavy atom. The Morgan fingerprint density at radius 3 is 2.73 bits per heavy atom. The summed E-state index contributed by atoms with van der Waals surface area (Å²) in [5, 5.41) is 2.89. The van der Waals surface area contributed by atoms with Gasteiger partial charge in [-0.05, 0) is 45.4 Å². The Kier molecular flexibility index (Phi) is 6.77. The third-order valence-electron chi connectivity index (χ3n) is 4.69. The number of nitrogens with one attached hydrogen (secondary N) is 2. The van der Waals surface area contributed by atoms with Crippen molar-refractivity contribution in [3.63, 3.8) is 0 Å². The highest BCUT2D eigenvalue weighted by Gasteiger charge is 2.18. The van der Waals surface area contributed by atoms with Gasteiger partial charge in [0.2, 0.25) is 5.91 Å². The van der Waals surface area contributed by atoms with Crippen molar-refractivity contribution in [2.75, 3.05) is 5.32 Å². The lowest BCUT2D eigenvalue weighted by molar-refractivity contribution is -0.115. The molecule has 1 aromatic carbocycles. The van der Waals surface area contributed by atoms with Gasteiger partial charge < -0.3 is 15.0 Å².